The first kappa shape index (κ1) is 15.1. The van der Waals surface area contributed by atoms with E-state index in [1.807, 2.05) is 30.3 Å². The predicted molar refractivity (Wildman–Crippen MR) is 94.0 cm³/mol. The zero-order valence-electron chi connectivity index (χ0n) is 14.4. The Hall–Kier alpha value is -2.41. The maximum Gasteiger partial charge on any atom is 0.159 e. The molecule has 0 aromatic carbocycles. The molecule has 1 N–H and O–H groups in total. The Morgan fingerprint density at radius 3 is 2.88 bits per heavy atom. The highest BCUT2D eigenvalue weighted by Gasteiger charge is 2.30. The monoisotopic (exact) mass is 325 g/mol. The summed E-state index contributed by atoms with van der Waals surface area (Å²) in [5.74, 6) is 1.04. The lowest BCUT2D eigenvalue weighted by Crippen LogP contribution is -2.48. The van der Waals surface area contributed by atoms with E-state index in [-0.39, 0.29) is 6.04 Å². The molecule has 1 saturated heterocycles. The number of nitrogens with one attached hydrogen (secondary N) is 1. The van der Waals surface area contributed by atoms with Crippen molar-refractivity contribution in [1.29, 1.82) is 0 Å². The molecule has 4 heterocycles. The van der Waals surface area contributed by atoms with Gasteiger partial charge in [0.2, 0.25) is 0 Å². The van der Waals surface area contributed by atoms with Gasteiger partial charge < -0.3 is 9.88 Å². The number of aromatic amines is 1. The Morgan fingerprint density at radius 1 is 1.25 bits per heavy atom. The maximum atomic E-state index is 4.54. The Morgan fingerprint density at radius 2 is 2.12 bits per heavy atom. The van der Waals surface area contributed by atoms with Crippen molar-refractivity contribution in [3.63, 3.8) is 0 Å². The molecule has 4 rings (SSSR count). The van der Waals surface area contributed by atoms with Crippen molar-refractivity contribution in [1.82, 2.24) is 29.6 Å². The number of aromatic nitrogens is 5. The summed E-state index contributed by atoms with van der Waals surface area (Å²) in [7, 11) is 1.95. The smallest absolute Gasteiger partial charge is 0.159 e. The van der Waals surface area contributed by atoms with Crippen LogP contribution in [0.5, 0.6) is 0 Å². The van der Waals surface area contributed by atoms with Gasteiger partial charge in [-0.2, -0.15) is 5.10 Å². The summed E-state index contributed by atoms with van der Waals surface area (Å²) >= 11 is 0. The first-order valence-corrected chi connectivity index (χ1v) is 8.45. The standard InChI is InChI=1S/C17H23N7/c1-4-23-9-10-24(11-14(23)16-18-7-8-19-16)13-5-6-20-17-15(13)12(2)21-22(17)3/h5-8,14H,4,9-11H2,1-3H3,(H,18,19)/t14-/m0/s1. The van der Waals surface area contributed by atoms with E-state index in [1.165, 1.54) is 5.69 Å². The van der Waals surface area contributed by atoms with Crippen molar-refractivity contribution in [3.8, 4) is 0 Å². The normalized spacial score (nSPS) is 19.3. The van der Waals surface area contributed by atoms with Crippen molar-refractivity contribution in [3.05, 3.63) is 36.2 Å². The number of likely N-dealkylation sites (N-methyl/N-ethyl adjacent to an activating group) is 1. The number of hydrogen-bond acceptors (Lipinski definition) is 5. The molecule has 126 valence electrons. The molecule has 0 saturated carbocycles. The molecule has 1 aliphatic heterocycles. The second-order valence-electron chi connectivity index (χ2n) is 6.30. The average Bonchev–Trinajstić information content (AvgIpc) is 3.23. The highest BCUT2D eigenvalue weighted by Crippen LogP contribution is 2.32. The van der Waals surface area contributed by atoms with Gasteiger partial charge in [0.05, 0.1) is 22.8 Å². The Kier molecular flexibility index (Phi) is 3.72. The Bertz CT molecular complexity index is 836. The number of aryl methyl sites for hydroxylation is 2. The van der Waals surface area contributed by atoms with Crippen LogP contribution in [0, 0.1) is 6.92 Å². The van der Waals surface area contributed by atoms with Crippen LogP contribution in [-0.2, 0) is 7.05 Å². The van der Waals surface area contributed by atoms with Crippen molar-refractivity contribution in [2.75, 3.05) is 31.1 Å². The highest BCUT2D eigenvalue weighted by molar-refractivity contribution is 5.92. The van der Waals surface area contributed by atoms with Gasteiger partial charge in [-0.05, 0) is 19.5 Å². The highest BCUT2D eigenvalue weighted by atomic mass is 15.3. The zero-order chi connectivity index (χ0) is 16.7. The van der Waals surface area contributed by atoms with Gasteiger partial charge in [-0.3, -0.25) is 9.58 Å². The van der Waals surface area contributed by atoms with Crippen LogP contribution in [0.15, 0.2) is 24.7 Å². The lowest BCUT2D eigenvalue weighted by Gasteiger charge is -2.41. The SMILES string of the molecule is CCN1CCN(c2ccnc3c2c(C)nn3C)C[C@H]1c1ncc[nH]1. The number of piperazine rings is 1. The van der Waals surface area contributed by atoms with E-state index in [2.05, 4.69) is 49.8 Å². The minimum Gasteiger partial charge on any atom is -0.368 e. The van der Waals surface area contributed by atoms with Crippen LogP contribution in [-0.4, -0.2) is 55.8 Å². The van der Waals surface area contributed by atoms with E-state index in [1.54, 1.807) is 0 Å². The quantitative estimate of drug-likeness (QED) is 0.796. The number of anilines is 1. The lowest BCUT2D eigenvalue weighted by molar-refractivity contribution is 0.181. The number of hydrogen-bond donors (Lipinski definition) is 1. The minimum absolute atomic E-state index is 0.277. The number of pyridine rings is 1. The molecule has 0 amide bonds. The molecule has 7 nitrogen and oxygen atoms in total. The largest absolute Gasteiger partial charge is 0.368 e. The summed E-state index contributed by atoms with van der Waals surface area (Å²) in [6.07, 6.45) is 5.61. The Balaban J connectivity index is 1.73. The average molecular weight is 325 g/mol. The van der Waals surface area contributed by atoms with Crippen LogP contribution in [0.2, 0.25) is 0 Å². The lowest BCUT2D eigenvalue weighted by atomic mass is 10.1. The fourth-order valence-corrected chi connectivity index (χ4v) is 3.76. The van der Waals surface area contributed by atoms with E-state index in [0.717, 1.165) is 48.7 Å². The molecule has 0 spiro atoms. The predicted octanol–water partition coefficient (Wildman–Crippen LogP) is 1.88. The topological polar surface area (TPSA) is 65.9 Å². The van der Waals surface area contributed by atoms with Gasteiger partial charge in [0.15, 0.2) is 5.65 Å². The maximum absolute atomic E-state index is 4.54. The molecule has 3 aromatic rings. The number of H-pyrrole nitrogens is 1. The molecule has 1 atom stereocenters. The summed E-state index contributed by atoms with van der Waals surface area (Å²) in [5.41, 5.74) is 3.19. The van der Waals surface area contributed by atoms with Gasteiger partial charge in [-0.25, -0.2) is 9.97 Å². The minimum atomic E-state index is 0.277. The van der Waals surface area contributed by atoms with Gasteiger partial charge in [0.25, 0.3) is 0 Å². The van der Waals surface area contributed by atoms with E-state index in [9.17, 15) is 0 Å². The second-order valence-corrected chi connectivity index (χ2v) is 6.30. The summed E-state index contributed by atoms with van der Waals surface area (Å²) < 4.78 is 1.86. The third kappa shape index (κ3) is 2.36. The number of fused-ring (bicyclic) bond motifs is 1. The van der Waals surface area contributed by atoms with Gasteiger partial charge in [0, 0.05) is 45.3 Å². The second kappa shape index (κ2) is 5.90. The summed E-state index contributed by atoms with van der Waals surface area (Å²) in [4.78, 5) is 17.2. The van der Waals surface area contributed by atoms with Gasteiger partial charge in [0.1, 0.15) is 5.82 Å². The number of nitrogens with zero attached hydrogens (tertiary/aromatic N) is 6. The Labute approximate surface area is 141 Å². The molecule has 0 radical (unpaired) electrons. The van der Waals surface area contributed by atoms with E-state index >= 15 is 0 Å². The summed E-state index contributed by atoms with van der Waals surface area (Å²) in [5, 5.41) is 5.70. The van der Waals surface area contributed by atoms with E-state index in [0.29, 0.717) is 0 Å². The van der Waals surface area contributed by atoms with Crippen molar-refractivity contribution in [2.45, 2.75) is 19.9 Å². The fourth-order valence-electron chi connectivity index (χ4n) is 3.76. The van der Waals surface area contributed by atoms with E-state index < -0.39 is 0 Å². The van der Waals surface area contributed by atoms with Crippen LogP contribution in [0.4, 0.5) is 5.69 Å². The van der Waals surface area contributed by atoms with Gasteiger partial charge in [-0.15, -0.1) is 0 Å². The molecule has 1 fully saturated rings. The summed E-state index contributed by atoms with van der Waals surface area (Å²) in [6, 6.07) is 2.39. The fraction of sp³-hybridized carbons (Fsp3) is 0.471. The van der Waals surface area contributed by atoms with Gasteiger partial charge >= 0.3 is 0 Å². The van der Waals surface area contributed by atoms with Crippen LogP contribution in [0.3, 0.4) is 0 Å². The number of rotatable bonds is 3. The number of imidazole rings is 1. The molecule has 24 heavy (non-hydrogen) atoms. The van der Waals surface area contributed by atoms with Gasteiger partial charge in [-0.1, -0.05) is 6.92 Å². The molecular formula is C17H23N7. The molecule has 7 heteroatoms. The first-order chi connectivity index (χ1) is 11.7. The van der Waals surface area contributed by atoms with Crippen molar-refractivity contribution in [2.24, 2.45) is 7.05 Å². The zero-order valence-corrected chi connectivity index (χ0v) is 14.4. The van der Waals surface area contributed by atoms with Crippen LogP contribution in [0.1, 0.15) is 24.5 Å². The van der Waals surface area contributed by atoms with Crippen LogP contribution < -0.4 is 4.90 Å². The third-order valence-electron chi connectivity index (χ3n) is 4.95. The molecule has 0 aliphatic carbocycles. The van der Waals surface area contributed by atoms with Crippen LogP contribution in [0.25, 0.3) is 11.0 Å². The molecule has 0 unspecified atom stereocenters. The molecule has 0 bridgehead atoms. The van der Waals surface area contributed by atoms with Crippen molar-refractivity contribution < 1.29 is 0 Å². The molecule has 3 aromatic heterocycles. The third-order valence-corrected chi connectivity index (χ3v) is 4.95. The van der Waals surface area contributed by atoms with E-state index in [4.69, 9.17) is 0 Å². The molecule has 1 aliphatic rings. The van der Waals surface area contributed by atoms with Crippen molar-refractivity contribution >= 4 is 16.7 Å². The van der Waals surface area contributed by atoms with Crippen LogP contribution >= 0.6 is 0 Å². The summed E-state index contributed by atoms with van der Waals surface area (Å²) in [6.45, 7) is 8.22. The first-order valence-electron chi connectivity index (χ1n) is 8.45. The molecular weight excluding hydrogens is 302 g/mol.